The zero-order valence-corrected chi connectivity index (χ0v) is 9.37. The van der Waals surface area contributed by atoms with E-state index in [2.05, 4.69) is 0 Å². The zero-order valence-electron chi connectivity index (χ0n) is 8.56. The Balaban J connectivity index is 3.92. The summed E-state index contributed by atoms with van der Waals surface area (Å²) in [5.74, 6) is -1.23. The van der Waals surface area contributed by atoms with Gasteiger partial charge in [0.2, 0.25) is 0 Å². The van der Waals surface area contributed by atoms with Crippen LogP contribution in [-0.2, 0) is 19.4 Å². The Morgan fingerprint density at radius 3 is 2.21 bits per heavy atom. The molecule has 0 rings (SSSR count). The summed E-state index contributed by atoms with van der Waals surface area (Å²) in [6, 6.07) is 0. The third-order valence-corrected chi connectivity index (χ3v) is 3.97. The van der Waals surface area contributed by atoms with Crippen LogP contribution in [0, 0.1) is 0 Å². The van der Waals surface area contributed by atoms with Gasteiger partial charge in [0.05, 0.1) is 17.6 Å². The Kier molecular flexibility index (Phi) is 5.07. The normalized spacial score (nSPS) is 14.3. The first kappa shape index (κ1) is 13.4. The standard InChI is InChI=1S/C8H16O5S/c1-6(2)14(11,12)5-4-13-7(3)8(9)10/h6-7H,4-5H2,1-3H3,(H,9,10)/t7-/m1/s1. The molecule has 0 aromatic rings. The van der Waals surface area contributed by atoms with Crippen molar-refractivity contribution < 1.29 is 23.1 Å². The summed E-state index contributed by atoms with van der Waals surface area (Å²) in [7, 11) is -3.14. The lowest BCUT2D eigenvalue weighted by atomic mass is 10.4. The first-order valence-electron chi connectivity index (χ1n) is 4.33. The number of aliphatic carboxylic acids is 1. The van der Waals surface area contributed by atoms with E-state index in [0.717, 1.165) is 0 Å². The van der Waals surface area contributed by atoms with E-state index >= 15 is 0 Å². The Labute approximate surface area is 84.0 Å². The minimum absolute atomic E-state index is 0.0754. The molecule has 0 saturated carbocycles. The van der Waals surface area contributed by atoms with Crippen molar-refractivity contribution in [2.75, 3.05) is 12.4 Å². The fourth-order valence-electron chi connectivity index (χ4n) is 0.648. The van der Waals surface area contributed by atoms with Gasteiger partial charge in [-0.2, -0.15) is 0 Å². The van der Waals surface area contributed by atoms with Crippen molar-refractivity contribution in [1.29, 1.82) is 0 Å². The van der Waals surface area contributed by atoms with Crippen LogP contribution < -0.4 is 0 Å². The summed E-state index contributed by atoms with van der Waals surface area (Å²) in [6.45, 7) is 4.45. The van der Waals surface area contributed by atoms with Crippen LogP contribution in [0.3, 0.4) is 0 Å². The van der Waals surface area contributed by atoms with Gasteiger partial charge in [-0.1, -0.05) is 0 Å². The fourth-order valence-corrected chi connectivity index (χ4v) is 1.45. The SMILES string of the molecule is CC(C)S(=O)(=O)CCO[C@H](C)C(=O)O. The highest BCUT2D eigenvalue weighted by atomic mass is 32.2. The predicted molar refractivity (Wildman–Crippen MR) is 52.0 cm³/mol. The Hall–Kier alpha value is -0.620. The zero-order chi connectivity index (χ0) is 11.4. The van der Waals surface area contributed by atoms with Crippen LogP contribution in [0.1, 0.15) is 20.8 Å². The molecule has 0 heterocycles. The smallest absolute Gasteiger partial charge is 0.332 e. The average molecular weight is 224 g/mol. The van der Waals surface area contributed by atoms with Crippen LogP contribution in [0.4, 0.5) is 0 Å². The van der Waals surface area contributed by atoms with Crippen LogP contribution in [0.5, 0.6) is 0 Å². The average Bonchev–Trinajstić information content (AvgIpc) is 2.03. The van der Waals surface area contributed by atoms with Gasteiger partial charge in [0.25, 0.3) is 0 Å². The van der Waals surface area contributed by atoms with Crippen LogP contribution >= 0.6 is 0 Å². The van der Waals surface area contributed by atoms with Crippen molar-refractivity contribution in [1.82, 2.24) is 0 Å². The largest absolute Gasteiger partial charge is 0.479 e. The molecule has 0 aromatic carbocycles. The van der Waals surface area contributed by atoms with Gasteiger partial charge in [0.15, 0.2) is 15.9 Å². The van der Waals surface area contributed by atoms with E-state index in [4.69, 9.17) is 9.84 Å². The van der Waals surface area contributed by atoms with E-state index in [9.17, 15) is 13.2 Å². The molecule has 0 aliphatic heterocycles. The van der Waals surface area contributed by atoms with E-state index in [-0.39, 0.29) is 12.4 Å². The molecule has 0 aliphatic rings. The Morgan fingerprint density at radius 2 is 1.86 bits per heavy atom. The van der Waals surface area contributed by atoms with Gasteiger partial charge in [0, 0.05) is 0 Å². The molecular formula is C8H16O5S. The minimum Gasteiger partial charge on any atom is -0.479 e. The summed E-state index contributed by atoms with van der Waals surface area (Å²) in [5.41, 5.74) is 0. The molecule has 84 valence electrons. The number of rotatable bonds is 6. The highest BCUT2D eigenvalue weighted by molar-refractivity contribution is 7.91. The molecule has 0 amide bonds. The summed E-state index contributed by atoms with van der Waals surface area (Å²) in [5, 5.41) is 7.99. The quantitative estimate of drug-likeness (QED) is 0.701. The molecule has 0 aromatic heterocycles. The van der Waals surface area contributed by atoms with Gasteiger partial charge in [-0.05, 0) is 20.8 Å². The number of ether oxygens (including phenoxy) is 1. The van der Waals surface area contributed by atoms with Crippen molar-refractivity contribution in [2.24, 2.45) is 0 Å². The molecule has 0 radical (unpaired) electrons. The van der Waals surface area contributed by atoms with Gasteiger partial charge in [0.1, 0.15) is 0 Å². The lowest BCUT2D eigenvalue weighted by molar-refractivity contribution is -0.148. The van der Waals surface area contributed by atoms with E-state index in [0.29, 0.717) is 0 Å². The number of sulfone groups is 1. The van der Waals surface area contributed by atoms with E-state index in [1.54, 1.807) is 13.8 Å². The van der Waals surface area contributed by atoms with Crippen molar-refractivity contribution in [3.8, 4) is 0 Å². The second kappa shape index (κ2) is 5.31. The number of carboxylic acid groups (broad SMARTS) is 1. The van der Waals surface area contributed by atoms with Gasteiger partial charge in [-0.3, -0.25) is 0 Å². The van der Waals surface area contributed by atoms with Crippen molar-refractivity contribution >= 4 is 15.8 Å². The molecule has 0 saturated heterocycles. The first-order chi connectivity index (χ1) is 6.27. The first-order valence-corrected chi connectivity index (χ1v) is 6.05. The number of carboxylic acids is 1. The number of carbonyl (C=O) groups is 1. The third kappa shape index (κ3) is 4.57. The second-order valence-corrected chi connectivity index (χ2v) is 5.94. The van der Waals surface area contributed by atoms with Crippen molar-refractivity contribution in [2.45, 2.75) is 32.1 Å². The highest BCUT2D eigenvalue weighted by Gasteiger charge is 2.17. The molecule has 14 heavy (non-hydrogen) atoms. The fraction of sp³-hybridized carbons (Fsp3) is 0.875. The van der Waals surface area contributed by atoms with Crippen LogP contribution in [0.25, 0.3) is 0 Å². The van der Waals surface area contributed by atoms with Crippen LogP contribution in [-0.4, -0.2) is 43.2 Å². The summed E-state index contributed by atoms with van der Waals surface area (Å²) >= 11 is 0. The molecule has 0 aliphatic carbocycles. The topological polar surface area (TPSA) is 80.7 Å². The molecule has 1 atom stereocenters. The molecule has 0 fully saturated rings. The van der Waals surface area contributed by atoms with Crippen LogP contribution in [0.15, 0.2) is 0 Å². The van der Waals surface area contributed by atoms with Crippen molar-refractivity contribution in [3.05, 3.63) is 0 Å². The molecular weight excluding hydrogens is 208 g/mol. The Morgan fingerprint density at radius 1 is 1.36 bits per heavy atom. The Bertz CT molecular complexity index is 280. The van der Waals surface area contributed by atoms with Gasteiger partial charge >= 0.3 is 5.97 Å². The summed E-state index contributed by atoms with van der Waals surface area (Å²) in [4.78, 5) is 10.3. The lowest BCUT2D eigenvalue weighted by Crippen LogP contribution is -2.26. The second-order valence-electron chi connectivity index (χ2n) is 3.27. The highest BCUT2D eigenvalue weighted by Crippen LogP contribution is 2.01. The molecule has 0 bridgehead atoms. The molecule has 5 nitrogen and oxygen atoms in total. The monoisotopic (exact) mass is 224 g/mol. The van der Waals surface area contributed by atoms with E-state index in [1.165, 1.54) is 6.92 Å². The third-order valence-electron chi connectivity index (χ3n) is 1.80. The van der Waals surface area contributed by atoms with E-state index in [1.807, 2.05) is 0 Å². The van der Waals surface area contributed by atoms with Gasteiger partial charge < -0.3 is 9.84 Å². The summed E-state index contributed by atoms with van der Waals surface area (Å²) < 4.78 is 27.3. The number of hydrogen-bond donors (Lipinski definition) is 1. The van der Waals surface area contributed by atoms with E-state index < -0.39 is 27.2 Å². The maximum absolute atomic E-state index is 11.3. The summed E-state index contributed by atoms with van der Waals surface area (Å²) in [6.07, 6.45) is -0.961. The molecule has 0 unspecified atom stereocenters. The lowest BCUT2D eigenvalue weighted by Gasteiger charge is -2.10. The van der Waals surface area contributed by atoms with Crippen molar-refractivity contribution in [3.63, 3.8) is 0 Å². The van der Waals surface area contributed by atoms with Gasteiger partial charge in [-0.15, -0.1) is 0 Å². The maximum Gasteiger partial charge on any atom is 0.332 e. The predicted octanol–water partition coefficient (Wildman–Crippen LogP) is 0.299. The number of hydrogen-bond acceptors (Lipinski definition) is 4. The van der Waals surface area contributed by atoms with Crippen LogP contribution in [0.2, 0.25) is 0 Å². The minimum atomic E-state index is -3.14. The molecule has 6 heteroatoms. The molecule has 0 spiro atoms. The maximum atomic E-state index is 11.3. The molecule has 1 N–H and O–H groups in total. The van der Waals surface area contributed by atoms with Gasteiger partial charge in [-0.25, -0.2) is 13.2 Å².